The SMILES string of the molecule is Cc1ccccc1-c1noc(CN2CCCC2c2cccn2C)n1. The average Bonchev–Trinajstić information content (AvgIpc) is 3.30. The minimum atomic E-state index is 0.429. The van der Waals surface area contributed by atoms with Crippen LogP contribution >= 0.6 is 0 Å². The molecule has 1 atom stereocenters. The van der Waals surface area contributed by atoms with Gasteiger partial charge in [0.2, 0.25) is 11.7 Å². The maximum atomic E-state index is 5.52. The van der Waals surface area contributed by atoms with Crippen molar-refractivity contribution in [3.63, 3.8) is 0 Å². The second-order valence-electron chi connectivity index (χ2n) is 6.50. The molecule has 0 N–H and O–H groups in total. The van der Waals surface area contributed by atoms with Gasteiger partial charge in [0.15, 0.2) is 0 Å². The van der Waals surface area contributed by atoms with Crippen molar-refractivity contribution < 1.29 is 4.52 Å². The van der Waals surface area contributed by atoms with E-state index in [-0.39, 0.29) is 0 Å². The van der Waals surface area contributed by atoms with Crippen LogP contribution in [0.1, 0.15) is 36.0 Å². The molecule has 0 spiro atoms. The second-order valence-corrected chi connectivity index (χ2v) is 6.50. The van der Waals surface area contributed by atoms with Crippen molar-refractivity contribution in [3.05, 3.63) is 59.7 Å². The van der Waals surface area contributed by atoms with Crippen LogP contribution in [-0.4, -0.2) is 26.2 Å². The van der Waals surface area contributed by atoms with Crippen LogP contribution in [0.15, 0.2) is 47.1 Å². The van der Waals surface area contributed by atoms with E-state index in [2.05, 4.69) is 58.0 Å². The Balaban J connectivity index is 1.54. The van der Waals surface area contributed by atoms with Crippen molar-refractivity contribution in [1.29, 1.82) is 0 Å². The molecule has 24 heavy (non-hydrogen) atoms. The third-order valence-electron chi connectivity index (χ3n) is 4.88. The Morgan fingerprint density at radius 3 is 2.88 bits per heavy atom. The monoisotopic (exact) mass is 322 g/mol. The molecule has 0 aliphatic carbocycles. The second kappa shape index (κ2) is 6.24. The van der Waals surface area contributed by atoms with Crippen molar-refractivity contribution in [3.8, 4) is 11.4 Å². The number of likely N-dealkylation sites (tertiary alicyclic amines) is 1. The van der Waals surface area contributed by atoms with E-state index in [9.17, 15) is 0 Å². The van der Waals surface area contributed by atoms with Gasteiger partial charge in [-0.2, -0.15) is 4.98 Å². The van der Waals surface area contributed by atoms with Crippen molar-refractivity contribution in [2.24, 2.45) is 7.05 Å². The Morgan fingerprint density at radius 2 is 2.08 bits per heavy atom. The molecule has 4 rings (SSSR count). The minimum absolute atomic E-state index is 0.429. The molecule has 0 amide bonds. The van der Waals surface area contributed by atoms with E-state index in [1.54, 1.807) is 0 Å². The quantitative estimate of drug-likeness (QED) is 0.734. The highest BCUT2D eigenvalue weighted by Crippen LogP contribution is 2.33. The van der Waals surface area contributed by atoms with Crippen LogP contribution in [0, 0.1) is 6.92 Å². The summed E-state index contributed by atoms with van der Waals surface area (Å²) in [5.41, 5.74) is 3.55. The van der Waals surface area contributed by atoms with Gasteiger partial charge in [-0.15, -0.1) is 0 Å². The molecule has 0 bridgehead atoms. The summed E-state index contributed by atoms with van der Waals surface area (Å²) in [6.45, 7) is 3.84. The predicted octanol–water partition coefficient (Wildman–Crippen LogP) is 3.72. The molecular weight excluding hydrogens is 300 g/mol. The highest BCUT2D eigenvalue weighted by molar-refractivity contribution is 5.58. The summed E-state index contributed by atoms with van der Waals surface area (Å²) >= 11 is 0. The summed E-state index contributed by atoms with van der Waals surface area (Å²) in [6, 6.07) is 12.9. The number of benzene rings is 1. The fourth-order valence-electron chi connectivity index (χ4n) is 3.60. The summed E-state index contributed by atoms with van der Waals surface area (Å²) < 4.78 is 7.73. The first-order chi connectivity index (χ1) is 11.7. The summed E-state index contributed by atoms with van der Waals surface area (Å²) in [7, 11) is 2.11. The topological polar surface area (TPSA) is 47.1 Å². The lowest BCUT2D eigenvalue weighted by atomic mass is 10.1. The molecule has 5 heteroatoms. The van der Waals surface area contributed by atoms with Gasteiger partial charge in [0.05, 0.1) is 12.6 Å². The Labute approximate surface area is 141 Å². The van der Waals surface area contributed by atoms with E-state index in [0.717, 1.165) is 17.7 Å². The van der Waals surface area contributed by atoms with Crippen molar-refractivity contribution in [1.82, 2.24) is 19.6 Å². The van der Waals surface area contributed by atoms with Gasteiger partial charge < -0.3 is 9.09 Å². The van der Waals surface area contributed by atoms with Crippen LogP contribution in [-0.2, 0) is 13.6 Å². The van der Waals surface area contributed by atoms with Crippen LogP contribution in [0.25, 0.3) is 11.4 Å². The van der Waals surface area contributed by atoms with Gasteiger partial charge in [-0.25, -0.2) is 0 Å². The van der Waals surface area contributed by atoms with Gasteiger partial charge in [0.1, 0.15) is 0 Å². The molecule has 3 aromatic rings. The fourth-order valence-corrected chi connectivity index (χ4v) is 3.60. The first kappa shape index (κ1) is 15.1. The number of hydrogen-bond acceptors (Lipinski definition) is 4. The lowest BCUT2D eigenvalue weighted by Gasteiger charge is -2.23. The van der Waals surface area contributed by atoms with Gasteiger partial charge in [-0.1, -0.05) is 29.4 Å². The van der Waals surface area contributed by atoms with Crippen LogP contribution in [0.3, 0.4) is 0 Å². The minimum Gasteiger partial charge on any atom is -0.353 e. The number of aryl methyl sites for hydroxylation is 2. The summed E-state index contributed by atoms with van der Waals surface area (Å²) in [5.74, 6) is 1.37. The largest absolute Gasteiger partial charge is 0.353 e. The molecule has 124 valence electrons. The third kappa shape index (κ3) is 2.76. The van der Waals surface area contributed by atoms with Gasteiger partial charge in [-0.3, -0.25) is 4.90 Å². The summed E-state index contributed by atoms with van der Waals surface area (Å²) in [4.78, 5) is 7.05. The Kier molecular flexibility index (Phi) is 3.94. The first-order valence-electron chi connectivity index (χ1n) is 8.46. The normalized spacial score (nSPS) is 18.3. The Morgan fingerprint density at radius 1 is 1.21 bits per heavy atom. The average molecular weight is 322 g/mol. The van der Waals surface area contributed by atoms with Crippen LogP contribution in [0.2, 0.25) is 0 Å². The van der Waals surface area contributed by atoms with E-state index in [0.29, 0.717) is 24.3 Å². The Hall–Kier alpha value is -2.40. The maximum Gasteiger partial charge on any atom is 0.241 e. The van der Waals surface area contributed by atoms with Crippen LogP contribution in [0.4, 0.5) is 0 Å². The molecule has 1 saturated heterocycles. The van der Waals surface area contributed by atoms with Gasteiger partial charge >= 0.3 is 0 Å². The third-order valence-corrected chi connectivity index (χ3v) is 4.88. The van der Waals surface area contributed by atoms with Crippen LogP contribution in [0.5, 0.6) is 0 Å². The molecule has 0 saturated carbocycles. The molecule has 1 aliphatic heterocycles. The van der Waals surface area contributed by atoms with Crippen molar-refractivity contribution in [2.45, 2.75) is 32.4 Å². The number of hydrogen-bond donors (Lipinski definition) is 0. The Bertz CT molecular complexity index is 835. The molecule has 1 fully saturated rings. The van der Waals surface area contributed by atoms with E-state index in [1.807, 2.05) is 18.2 Å². The van der Waals surface area contributed by atoms with E-state index < -0.39 is 0 Å². The molecule has 1 unspecified atom stereocenters. The highest BCUT2D eigenvalue weighted by atomic mass is 16.5. The molecule has 2 aromatic heterocycles. The number of aromatic nitrogens is 3. The van der Waals surface area contributed by atoms with E-state index in [4.69, 9.17) is 4.52 Å². The smallest absolute Gasteiger partial charge is 0.241 e. The fraction of sp³-hybridized carbons (Fsp3) is 0.368. The molecular formula is C19H22N4O. The lowest BCUT2D eigenvalue weighted by Crippen LogP contribution is -2.24. The molecule has 1 aliphatic rings. The number of rotatable bonds is 4. The zero-order valence-electron chi connectivity index (χ0n) is 14.1. The first-order valence-corrected chi connectivity index (χ1v) is 8.46. The van der Waals surface area contributed by atoms with E-state index >= 15 is 0 Å². The van der Waals surface area contributed by atoms with Crippen molar-refractivity contribution in [2.75, 3.05) is 6.54 Å². The van der Waals surface area contributed by atoms with Crippen molar-refractivity contribution >= 4 is 0 Å². The maximum absolute atomic E-state index is 5.52. The standard InChI is InChI=1S/C19H22N4O/c1-14-7-3-4-8-15(14)19-20-18(24-21-19)13-23-12-6-10-17(23)16-9-5-11-22(16)2/h3-5,7-9,11,17H,6,10,12-13H2,1-2H3. The van der Waals surface area contributed by atoms with Gasteiger partial charge in [0, 0.05) is 24.5 Å². The summed E-state index contributed by atoms with van der Waals surface area (Å²) in [5, 5.41) is 4.18. The van der Waals surface area contributed by atoms with Gasteiger partial charge in [-0.05, 0) is 44.0 Å². The van der Waals surface area contributed by atoms with Crippen LogP contribution < -0.4 is 0 Å². The van der Waals surface area contributed by atoms with Gasteiger partial charge in [0.25, 0.3) is 0 Å². The molecule has 5 nitrogen and oxygen atoms in total. The molecule has 1 aromatic carbocycles. The zero-order chi connectivity index (χ0) is 16.5. The number of nitrogens with zero attached hydrogens (tertiary/aromatic N) is 4. The summed E-state index contributed by atoms with van der Waals surface area (Å²) in [6.07, 6.45) is 4.49. The predicted molar refractivity (Wildman–Crippen MR) is 92.3 cm³/mol. The molecule has 0 radical (unpaired) electrons. The lowest BCUT2D eigenvalue weighted by molar-refractivity contribution is 0.207. The van der Waals surface area contributed by atoms with E-state index in [1.165, 1.54) is 18.5 Å². The zero-order valence-corrected chi connectivity index (χ0v) is 14.1. The molecule has 3 heterocycles. The highest BCUT2D eigenvalue weighted by Gasteiger charge is 2.29.